The summed E-state index contributed by atoms with van der Waals surface area (Å²) in [4.78, 5) is 0. The second kappa shape index (κ2) is 6.49. The summed E-state index contributed by atoms with van der Waals surface area (Å²) in [6.45, 7) is 7.80. The standard InChI is InChI=1S/C16H24FNO/c1-4-18-16(14-7-5-6-8-19-14)15-11(2)9-13(17)10-12(15)3/h9-10,14,16,18H,4-8H2,1-3H3. The summed E-state index contributed by atoms with van der Waals surface area (Å²) in [5.41, 5.74) is 3.23. The first-order valence-electron chi connectivity index (χ1n) is 7.25. The second-order valence-corrected chi connectivity index (χ2v) is 5.39. The number of ether oxygens (including phenoxy) is 1. The Hall–Kier alpha value is -0.930. The van der Waals surface area contributed by atoms with Gasteiger partial charge in [-0.25, -0.2) is 4.39 Å². The highest BCUT2D eigenvalue weighted by Crippen LogP contribution is 2.31. The van der Waals surface area contributed by atoms with Crippen molar-refractivity contribution in [2.24, 2.45) is 0 Å². The minimum absolute atomic E-state index is 0.154. The van der Waals surface area contributed by atoms with E-state index in [0.717, 1.165) is 37.1 Å². The van der Waals surface area contributed by atoms with E-state index in [0.29, 0.717) is 0 Å². The Morgan fingerprint density at radius 2 is 2.00 bits per heavy atom. The van der Waals surface area contributed by atoms with Crippen LogP contribution in [0.1, 0.15) is 48.9 Å². The highest BCUT2D eigenvalue weighted by molar-refractivity contribution is 5.37. The van der Waals surface area contributed by atoms with E-state index in [1.165, 1.54) is 12.0 Å². The Bertz CT molecular complexity index is 404. The Kier molecular flexibility index (Phi) is 4.94. The second-order valence-electron chi connectivity index (χ2n) is 5.39. The van der Waals surface area contributed by atoms with Crippen molar-refractivity contribution in [3.8, 4) is 0 Å². The van der Waals surface area contributed by atoms with Crippen LogP contribution in [0.4, 0.5) is 4.39 Å². The zero-order valence-corrected chi connectivity index (χ0v) is 12.1. The highest BCUT2D eigenvalue weighted by atomic mass is 19.1. The molecule has 1 saturated heterocycles. The Labute approximate surface area is 115 Å². The molecule has 1 aliphatic heterocycles. The normalized spacial score (nSPS) is 21.4. The van der Waals surface area contributed by atoms with Gasteiger partial charge < -0.3 is 10.1 Å². The van der Waals surface area contributed by atoms with Gasteiger partial charge in [0, 0.05) is 6.61 Å². The molecule has 1 aromatic rings. The van der Waals surface area contributed by atoms with Crippen molar-refractivity contribution in [2.45, 2.75) is 52.2 Å². The largest absolute Gasteiger partial charge is 0.376 e. The van der Waals surface area contributed by atoms with Crippen LogP contribution < -0.4 is 5.32 Å². The quantitative estimate of drug-likeness (QED) is 0.897. The Morgan fingerprint density at radius 3 is 2.53 bits per heavy atom. The fourth-order valence-corrected chi connectivity index (χ4v) is 3.08. The first-order valence-corrected chi connectivity index (χ1v) is 7.25. The van der Waals surface area contributed by atoms with Gasteiger partial charge in [0.15, 0.2) is 0 Å². The zero-order valence-electron chi connectivity index (χ0n) is 12.1. The van der Waals surface area contributed by atoms with E-state index in [2.05, 4.69) is 12.2 Å². The molecule has 2 rings (SSSR count). The molecular formula is C16H24FNO. The molecule has 2 nitrogen and oxygen atoms in total. The van der Waals surface area contributed by atoms with E-state index >= 15 is 0 Å². The molecule has 1 aromatic carbocycles. The minimum atomic E-state index is -0.154. The Morgan fingerprint density at radius 1 is 1.32 bits per heavy atom. The van der Waals surface area contributed by atoms with Gasteiger partial charge in [0.2, 0.25) is 0 Å². The predicted octanol–water partition coefficient (Wildman–Crippen LogP) is 3.66. The highest BCUT2D eigenvalue weighted by Gasteiger charge is 2.27. The number of halogens is 1. The third-order valence-corrected chi connectivity index (χ3v) is 3.88. The molecule has 19 heavy (non-hydrogen) atoms. The van der Waals surface area contributed by atoms with E-state index in [-0.39, 0.29) is 18.0 Å². The summed E-state index contributed by atoms with van der Waals surface area (Å²) < 4.78 is 19.4. The van der Waals surface area contributed by atoms with Crippen LogP contribution in [0, 0.1) is 19.7 Å². The van der Waals surface area contributed by atoms with Gasteiger partial charge >= 0.3 is 0 Å². The summed E-state index contributed by atoms with van der Waals surface area (Å²) in [6.07, 6.45) is 3.65. The molecule has 0 aliphatic carbocycles. The van der Waals surface area contributed by atoms with Gasteiger partial charge in [0.25, 0.3) is 0 Å². The van der Waals surface area contributed by atoms with E-state index in [4.69, 9.17) is 4.74 Å². The molecule has 1 fully saturated rings. The minimum Gasteiger partial charge on any atom is -0.376 e. The van der Waals surface area contributed by atoms with Gasteiger partial charge in [-0.05, 0) is 68.5 Å². The van der Waals surface area contributed by atoms with Crippen molar-refractivity contribution in [3.63, 3.8) is 0 Å². The molecule has 0 spiro atoms. The topological polar surface area (TPSA) is 21.3 Å². The third-order valence-electron chi connectivity index (χ3n) is 3.88. The van der Waals surface area contributed by atoms with Gasteiger partial charge in [0.1, 0.15) is 5.82 Å². The van der Waals surface area contributed by atoms with E-state index in [1.807, 2.05) is 13.8 Å². The molecule has 1 N–H and O–H groups in total. The van der Waals surface area contributed by atoms with Crippen LogP contribution in [-0.2, 0) is 4.74 Å². The van der Waals surface area contributed by atoms with Gasteiger partial charge in [-0.1, -0.05) is 6.92 Å². The molecular weight excluding hydrogens is 241 g/mol. The maximum atomic E-state index is 13.4. The molecule has 3 heteroatoms. The van der Waals surface area contributed by atoms with Crippen molar-refractivity contribution in [2.75, 3.05) is 13.2 Å². The number of likely N-dealkylation sites (N-methyl/N-ethyl adjacent to an activating group) is 1. The average molecular weight is 265 g/mol. The van der Waals surface area contributed by atoms with Crippen LogP contribution in [0.5, 0.6) is 0 Å². The first kappa shape index (κ1) is 14.5. The Balaban J connectivity index is 2.32. The molecule has 1 heterocycles. The van der Waals surface area contributed by atoms with Gasteiger partial charge in [-0.2, -0.15) is 0 Å². The molecule has 106 valence electrons. The number of hydrogen-bond acceptors (Lipinski definition) is 2. The maximum absolute atomic E-state index is 13.4. The molecule has 0 amide bonds. The third kappa shape index (κ3) is 3.34. The molecule has 0 bridgehead atoms. The van der Waals surface area contributed by atoms with E-state index < -0.39 is 0 Å². The van der Waals surface area contributed by atoms with Crippen LogP contribution in [-0.4, -0.2) is 19.3 Å². The van der Waals surface area contributed by atoms with Crippen LogP contribution in [0.15, 0.2) is 12.1 Å². The lowest BCUT2D eigenvalue weighted by Crippen LogP contribution is -2.36. The van der Waals surface area contributed by atoms with E-state index in [9.17, 15) is 4.39 Å². The SMILES string of the molecule is CCNC(c1c(C)cc(F)cc1C)C1CCCCO1. The predicted molar refractivity (Wildman–Crippen MR) is 75.9 cm³/mol. The van der Waals surface area contributed by atoms with Crippen LogP contribution >= 0.6 is 0 Å². The number of aryl methyl sites for hydroxylation is 2. The van der Waals surface area contributed by atoms with Crippen molar-refractivity contribution >= 4 is 0 Å². The molecule has 1 aliphatic rings. The average Bonchev–Trinajstić information content (AvgIpc) is 2.37. The van der Waals surface area contributed by atoms with Gasteiger partial charge in [-0.3, -0.25) is 0 Å². The number of hydrogen-bond donors (Lipinski definition) is 1. The van der Waals surface area contributed by atoms with Gasteiger partial charge in [0.05, 0.1) is 12.1 Å². The van der Waals surface area contributed by atoms with Crippen molar-refractivity contribution < 1.29 is 9.13 Å². The molecule has 0 aromatic heterocycles. The van der Waals surface area contributed by atoms with E-state index in [1.54, 1.807) is 12.1 Å². The number of rotatable bonds is 4. The summed E-state index contributed by atoms with van der Waals surface area (Å²) in [6, 6.07) is 3.41. The van der Waals surface area contributed by atoms with Crippen molar-refractivity contribution in [1.29, 1.82) is 0 Å². The summed E-state index contributed by atoms with van der Waals surface area (Å²) in [5, 5.41) is 3.52. The summed E-state index contributed by atoms with van der Waals surface area (Å²) >= 11 is 0. The molecule has 0 saturated carbocycles. The molecule has 0 radical (unpaired) electrons. The zero-order chi connectivity index (χ0) is 13.8. The molecule has 2 unspecified atom stereocenters. The number of benzene rings is 1. The smallest absolute Gasteiger partial charge is 0.123 e. The lowest BCUT2D eigenvalue weighted by Gasteiger charge is -2.33. The fourth-order valence-electron chi connectivity index (χ4n) is 3.08. The van der Waals surface area contributed by atoms with Crippen molar-refractivity contribution in [3.05, 3.63) is 34.6 Å². The lowest BCUT2D eigenvalue weighted by molar-refractivity contribution is -0.00813. The van der Waals surface area contributed by atoms with Crippen LogP contribution in [0.2, 0.25) is 0 Å². The lowest BCUT2D eigenvalue weighted by atomic mass is 9.89. The van der Waals surface area contributed by atoms with Crippen molar-refractivity contribution in [1.82, 2.24) is 5.32 Å². The van der Waals surface area contributed by atoms with Gasteiger partial charge in [-0.15, -0.1) is 0 Å². The summed E-state index contributed by atoms with van der Waals surface area (Å²) in [5.74, 6) is -0.154. The van der Waals surface area contributed by atoms with Crippen LogP contribution in [0.3, 0.4) is 0 Å². The summed E-state index contributed by atoms with van der Waals surface area (Å²) in [7, 11) is 0. The monoisotopic (exact) mass is 265 g/mol. The first-order chi connectivity index (χ1) is 9.13. The maximum Gasteiger partial charge on any atom is 0.123 e. The van der Waals surface area contributed by atoms with Crippen LogP contribution in [0.25, 0.3) is 0 Å². The number of nitrogens with one attached hydrogen (secondary N) is 1. The fraction of sp³-hybridized carbons (Fsp3) is 0.625. The molecule has 2 atom stereocenters.